The quantitative estimate of drug-likeness (QED) is 0.426. The number of carbonyl (C=O) groups excluding carboxylic acids is 2. The van der Waals surface area contributed by atoms with E-state index >= 15 is 0 Å². The van der Waals surface area contributed by atoms with Gasteiger partial charge in [0.15, 0.2) is 0 Å². The number of nitrogens with one attached hydrogen (secondary N) is 1. The monoisotopic (exact) mass is 429 g/mol. The van der Waals surface area contributed by atoms with E-state index in [1.165, 1.54) is 4.90 Å². The van der Waals surface area contributed by atoms with Gasteiger partial charge in [0.1, 0.15) is 18.1 Å². The highest BCUT2D eigenvalue weighted by molar-refractivity contribution is 6.14. The number of carbonyl (C=O) groups is 2. The first-order valence-electron chi connectivity index (χ1n) is 10.8. The highest BCUT2D eigenvalue weighted by atomic mass is 16.5. The van der Waals surface area contributed by atoms with Crippen LogP contribution in [0.2, 0.25) is 0 Å². The van der Waals surface area contributed by atoms with Crippen LogP contribution in [-0.2, 0) is 11.4 Å². The van der Waals surface area contributed by atoms with Crippen molar-refractivity contribution in [2.45, 2.75) is 33.8 Å². The smallest absolute Gasteiger partial charge is 0.329 e. The molecule has 164 valence electrons. The minimum Gasteiger partial charge on any atom is -0.489 e. The maximum absolute atomic E-state index is 12.5. The molecule has 1 fully saturated rings. The van der Waals surface area contributed by atoms with Crippen LogP contribution >= 0.6 is 0 Å². The number of aromatic nitrogens is 1. The fourth-order valence-electron chi connectivity index (χ4n) is 3.92. The van der Waals surface area contributed by atoms with Crippen LogP contribution in [0.1, 0.15) is 35.9 Å². The topological polar surface area (TPSA) is 63.6 Å². The van der Waals surface area contributed by atoms with E-state index in [1.807, 2.05) is 81.4 Å². The summed E-state index contributed by atoms with van der Waals surface area (Å²) in [6, 6.07) is 19.7. The minimum atomic E-state index is -0.358. The number of hydrogen-bond acceptors (Lipinski definition) is 3. The standard InChI is InChI=1S/C26H27N3O3/c1-4-14-28-25(30)24(27-26(28)31)16-21-15-18(2)29(19(21)3)22-10-12-23(13-11-22)32-17-20-8-6-5-7-9-20/h5-13,15-16H,4,14,17H2,1-3H3,(H,27,31)/b24-16+. The van der Waals surface area contributed by atoms with Crippen molar-refractivity contribution in [1.29, 1.82) is 0 Å². The summed E-state index contributed by atoms with van der Waals surface area (Å²) < 4.78 is 8.01. The summed E-state index contributed by atoms with van der Waals surface area (Å²) >= 11 is 0. The van der Waals surface area contributed by atoms with Gasteiger partial charge in [-0.05, 0) is 67.8 Å². The Morgan fingerprint density at radius 1 is 1.00 bits per heavy atom. The van der Waals surface area contributed by atoms with Crippen LogP contribution in [0.15, 0.2) is 66.4 Å². The van der Waals surface area contributed by atoms with Crippen LogP contribution in [0, 0.1) is 13.8 Å². The second-order valence-corrected chi connectivity index (χ2v) is 7.88. The molecule has 0 saturated carbocycles. The molecule has 0 atom stereocenters. The Morgan fingerprint density at radius 2 is 1.72 bits per heavy atom. The molecule has 3 aromatic rings. The molecule has 0 radical (unpaired) electrons. The fraction of sp³-hybridized carbons (Fsp3) is 0.231. The Labute approximate surface area is 188 Å². The van der Waals surface area contributed by atoms with Crippen LogP contribution < -0.4 is 10.1 Å². The van der Waals surface area contributed by atoms with Gasteiger partial charge in [-0.3, -0.25) is 9.69 Å². The van der Waals surface area contributed by atoms with E-state index in [4.69, 9.17) is 4.74 Å². The molecular formula is C26H27N3O3. The van der Waals surface area contributed by atoms with E-state index in [9.17, 15) is 9.59 Å². The van der Waals surface area contributed by atoms with Crippen molar-refractivity contribution in [1.82, 2.24) is 14.8 Å². The lowest BCUT2D eigenvalue weighted by Crippen LogP contribution is -2.31. The average molecular weight is 430 g/mol. The molecule has 0 aliphatic carbocycles. The molecule has 1 N–H and O–H groups in total. The van der Waals surface area contributed by atoms with Crippen LogP contribution in [0.5, 0.6) is 5.75 Å². The van der Waals surface area contributed by atoms with Crippen LogP contribution in [0.3, 0.4) is 0 Å². The van der Waals surface area contributed by atoms with Crippen LogP contribution in [-0.4, -0.2) is 28.0 Å². The number of hydrogen-bond donors (Lipinski definition) is 1. The number of imide groups is 1. The Bertz CT molecular complexity index is 1160. The molecule has 4 rings (SSSR count). The maximum Gasteiger partial charge on any atom is 0.329 e. The van der Waals surface area contributed by atoms with Crippen molar-refractivity contribution >= 4 is 18.0 Å². The number of urea groups is 1. The van der Waals surface area contributed by atoms with E-state index < -0.39 is 0 Å². The number of ether oxygens (including phenoxy) is 1. The number of rotatable bonds is 7. The van der Waals surface area contributed by atoms with Crippen molar-refractivity contribution in [3.8, 4) is 11.4 Å². The molecule has 1 aliphatic heterocycles. The predicted molar refractivity (Wildman–Crippen MR) is 125 cm³/mol. The lowest BCUT2D eigenvalue weighted by atomic mass is 10.2. The molecule has 32 heavy (non-hydrogen) atoms. The average Bonchev–Trinajstić information content (AvgIpc) is 3.23. The Morgan fingerprint density at radius 3 is 2.41 bits per heavy atom. The number of aryl methyl sites for hydroxylation is 1. The summed E-state index contributed by atoms with van der Waals surface area (Å²) in [6.07, 6.45) is 2.48. The second-order valence-electron chi connectivity index (χ2n) is 7.88. The molecule has 3 amide bonds. The van der Waals surface area contributed by atoms with Crippen LogP contribution in [0.25, 0.3) is 11.8 Å². The zero-order valence-corrected chi connectivity index (χ0v) is 18.6. The zero-order valence-electron chi connectivity index (χ0n) is 18.6. The molecule has 2 heterocycles. The van der Waals surface area contributed by atoms with Crippen molar-refractivity contribution in [3.63, 3.8) is 0 Å². The van der Waals surface area contributed by atoms with Gasteiger partial charge in [-0.2, -0.15) is 0 Å². The SMILES string of the molecule is CCCN1C(=O)N/C(=C/c2cc(C)n(-c3ccc(OCc4ccccc4)cc3)c2C)C1=O. The van der Waals surface area contributed by atoms with Gasteiger partial charge >= 0.3 is 6.03 Å². The van der Waals surface area contributed by atoms with Gasteiger partial charge in [0.25, 0.3) is 5.91 Å². The van der Waals surface area contributed by atoms with E-state index in [0.717, 1.165) is 40.4 Å². The van der Waals surface area contributed by atoms with Gasteiger partial charge in [0.2, 0.25) is 0 Å². The highest BCUT2D eigenvalue weighted by Gasteiger charge is 2.32. The molecule has 0 bridgehead atoms. The molecule has 2 aromatic carbocycles. The first-order valence-corrected chi connectivity index (χ1v) is 10.8. The molecule has 6 heteroatoms. The first kappa shape index (κ1) is 21.4. The van der Waals surface area contributed by atoms with Gasteiger partial charge in [0, 0.05) is 23.6 Å². The van der Waals surface area contributed by atoms with Gasteiger partial charge < -0.3 is 14.6 Å². The Hall–Kier alpha value is -3.80. The zero-order chi connectivity index (χ0) is 22.7. The fourth-order valence-corrected chi connectivity index (χ4v) is 3.92. The third-order valence-corrected chi connectivity index (χ3v) is 5.52. The van der Waals surface area contributed by atoms with Crippen molar-refractivity contribution in [2.24, 2.45) is 0 Å². The van der Waals surface area contributed by atoms with E-state index in [-0.39, 0.29) is 11.9 Å². The first-order chi connectivity index (χ1) is 15.5. The molecule has 1 saturated heterocycles. The van der Waals surface area contributed by atoms with Crippen LogP contribution in [0.4, 0.5) is 4.79 Å². The summed E-state index contributed by atoms with van der Waals surface area (Å²) in [7, 11) is 0. The van der Waals surface area contributed by atoms with Gasteiger partial charge in [-0.15, -0.1) is 0 Å². The van der Waals surface area contributed by atoms with Gasteiger partial charge in [-0.1, -0.05) is 37.3 Å². The molecule has 0 spiro atoms. The largest absolute Gasteiger partial charge is 0.489 e. The number of benzene rings is 2. The molecule has 1 aliphatic rings. The summed E-state index contributed by atoms with van der Waals surface area (Å²) in [6.45, 7) is 6.90. The van der Waals surface area contributed by atoms with E-state index in [1.54, 1.807) is 6.08 Å². The van der Waals surface area contributed by atoms with Crippen molar-refractivity contribution in [2.75, 3.05) is 6.54 Å². The number of amides is 3. The Balaban J connectivity index is 1.53. The minimum absolute atomic E-state index is 0.276. The summed E-state index contributed by atoms with van der Waals surface area (Å²) in [5.74, 6) is 0.527. The molecular weight excluding hydrogens is 402 g/mol. The summed E-state index contributed by atoms with van der Waals surface area (Å²) in [5.41, 5.74) is 5.37. The third kappa shape index (κ3) is 4.30. The molecule has 1 aromatic heterocycles. The molecule has 0 unspecified atom stereocenters. The molecule has 6 nitrogen and oxygen atoms in total. The van der Waals surface area contributed by atoms with Crippen molar-refractivity contribution < 1.29 is 14.3 Å². The second kappa shape index (κ2) is 9.14. The predicted octanol–water partition coefficient (Wildman–Crippen LogP) is 4.98. The van der Waals surface area contributed by atoms with Gasteiger partial charge in [-0.25, -0.2) is 4.79 Å². The normalized spacial score (nSPS) is 14.8. The Kier molecular flexibility index (Phi) is 6.12. The summed E-state index contributed by atoms with van der Waals surface area (Å²) in [5, 5.41) is 2.69. The lowest BCUT2D eigenvalue weighted by Gasteiger charge is -2.11. The van der Waals surface area contributed by atoms with Gasteiger partial charge in [0.05, 0.1) is 0 Å². The number of nitrogens with zero attached hydrogens (tertiary/aromatic N) is 2. The maximum atomic E-state index is 12.5. The lowest BCUT2D eigenvalue weighted by molar-refractivity contribution is -0.122. The third-order valence-electron chi connectivity index (χ3n) is 5.52. The van der Waals surface area contributed by atoms with E-state index in [0.29, 0.717) is 18.8 Å². The van der Waals surface area contributed by atoms with Crippen molar-refractivity contribution in [3.05, 3.63) is 88.9 Å². The highest BCUT2D eigenvalue weighted by Crippen LogP contribution is 2.25. The van der Waals surface area contributed by atoms with E-state index in [2.05, 4.69) is 9.88 Å². The summed E-state index contributed by atoms with van der Waals surface area (Å²) in [4.78, 5) is 25.9.